The Morgan fingerprint density at radius 1 is 0.885 bits per heavy atom. The predicted molar refractivity (Wildman–Crippen MR) is 111 cm³/mol. The van der Waals surface area contributed by atoms with Crippen LogP contribution in [0.15, 0.2) is 42.5 Å². The molecule has 0 spiro atoms. The monoisotopic (exact) mass is 375 g/mol. The lowest BCUT2D eigenvalue weighted by Gasteiger charge is -2.11. The highest BCUT2D eigenvalue weighted by Gasteiger charge is 2.00. The Labute approximate surface area is 162 Å². The molecule has 142 valence electrons. The van der Waals surface area contributed by atoms with Crippen molar-refractivity contribution in [2.75, 3.05) is 25.1 Å². The summed E-state index contributed by atoms with van der Waals surface area (Å²) in [6, 6.07) is 13.8. The number of nitrogens with one attached hydrogen (secondary N) is 1. The van der Waals surface area contributed by atoms with E-state index in [9.17, 15) is 0 Å². The summed E-state index contributed by atoms with van der Waals surface area (Å²) < 4.78 is 11.6. The lowest BCUT2D eigenvalue weighted by atomic mass is 10.2. The van der Waals surface area contributed by atoms with Crippen molar-refractivity contribution in [2.24, 2.45) is 0 Å². The summed E-state index contributed by atoms with van der Waals surface area (Å²) in [5.41, 5.74) is 2.07. The number of aryl methyl sites for hydroxylation is 1. The number of anilines is 1. The van der Waals surface area contributed by atoms with E-state index in [1.54, 1.807) is 0 Å². The van der Waals surface area contributed by atoms with Crippen LogP contribution in [0.3, 0.4) is 0 Å². The van der Waals surface area contributed by atoms with Crippen molar-refractivity contribution in [3.05, 3.63) is 53.1 Å². The molecule has 0 radical (unpaired) electrons. The Kier molecular flexibility index (Phi) is 9.19. The zero-order valence-electron chi connectivity index (χ0n) is 15.9. The van der Waals surface area contributed by atoms with Gasteiger partial charge in [-0.15, -0.1) is 0 Å². The van der Waals surface area contributed by atoms with Gasteiger partial charge >= 0.3 is 0 Å². The molecule has 3 nitrogen and oxygen atoms in total. The zero-order chi connectivity index (χ0) is 18.6. The van der Waals surface area contributed by atoms with E-state index >= 15 is 0 Å². The number of rotatable bonds is 12. The van der Waals surface area contributed by atoms with Gasteiger partial charge in [-0.1, -0.05) is 50.3 Å². The van der Waals surface area contributed by atoms with E-state index in [2.05, 4.69) is 12.2 Å². The quantitative estimate of drug-likeness (QED) is 0.430. The summed E-state index contributed by atoms with van der Waals surface area (Å²) >= 11 is 6.02. The number of unbranched alkanes of at least 4 members (excludes halogenated alkanes) is 4. The third kappa shape index (κ3) is 7.57. The molecule has 0 aromatic heterocycles. The SMILES string of the molecule is CCCCCCCOc1cccc(NCCOc2ccc(Cl)c(C)c2)c1. The molecule has 1 N–H and O–H groups in total. The van der Waals surface area contributed by atoms with E-state index in [0.29, 0.717) is 6.61 Å². The van der Waals surface area contributed by atoms with Gasteiger partial charge in [0, 0.05) is 23.3 Å². The standard InChI is InChI=1S/C22H30ClNO2/c1-3-4-5-6-7-14-25-20-10-8-9-19(17-20)24-13-15-26-21-11-12-22(23)18(2)16-21/h8-12,16-17,24H,3-7,13-15H2,1-2H3. The lowest BCUT2D eigenvalue weighted by molar-refractivity contribution is 0.304. The van der Waals surface area contributed by atoms with Crippen molar-refractivity contribution in [3.63, 3.8) is 0 Å². The van der Waals surface area contributed by atoms with Crippen molar-refractivity contribution < 1.29 is 9.47 Å². The van der Waals surface area contributed by atoms with Gasteiger partial charge in [-0.2, -0.15) is 0 Å². The number of benzene rings is 2. The summed E-state index contributed by atoms with van der Waals surface area (Å²) in [6.45, 7) is 6.30. The van der Waals surface area contributed by atoms with Crippen LogP contribution in [0.25, 0.3) is 0 Å². The van der Waals surface area contributed by atoms with E-state index in [4.69, 9.17) is 21.1 Å². The summed E-state index contributed by atoms with van der Waals surface area (Å²) in [6.07, 6.45) is 6.25. The molecule has 2 rings (SSSR count). The average molecular weight is 376 g/mol. The van der Waals surface area contributed by atoms with Crippen molar-refractivity contribution >= 4 is 17.3 Å². The van der Waals surface area contributed by atoms with Gasteiger partial charge < -0.3 is 14.8 Å². The molecule has 0 fully saturated rings. The number of hydrogen-bond donors (Lipinski definition) is 1. The highest BCUT2D eigenvalue weighted by atomic mass is 35.5. The molecule has 0 amide bonds. The predicted octanol–water partition coefficient (Wildman–Crippen LogP) is 6.49. The molecular formula is C22H30ClNO2. The van der Waals surface area contributed by atoms with Gasteiger partial charge in [0.1, 0.15) is 18.1 Å². The van der Waals surface area contributed by atoms with Gasteiger partial charge in [0.05, 0.1) is 6.61 Å². The molecule has 0 unspecified atom stereocenters. The molecule has 0 atom stereocenters. The zero-order valence-corrected chi connectivity index (χ0v) is 16.6. The summed E-state index contributed by atoms with van der Waals surface area (Å²) in [7, 11) is 0. The maximum absolute atomic E-state index is 6.02. The molecule has 2 aromatic carbocycles. The highest BCUT2D eigenvalue weighted by Crippen LogP contribution is 2.21. The first-order chi connectivity index (χ1) is 12.7. The van der Waals surface area contributed by atoms with Crippen LogP contribution in [0.2, 0.25) is 5.02 Å². The molecular weight excluding hydrogens is 346 g/mol. The van der Waals surface area contributed by atoms with Crippen LogP contribution in [-0.4, -0.2) is 19.8 Å². The molecule has 0 aliphatic heterocycles. The largest absolute Gasteiger partial charge is 0.494 e. The second-order valence-electron chi connectivity index (χ2n) is 6.48. The van der Waals surface area contributed by atoms with Crippen LogP contribution >= 0.6 is 11.6 Å². The van der Waals surface area contributed by atoms with Gasteiger partial charge in [0.2, 0.25) is 0 Å². The maximum atomic E-state index is 6.02. The Hall–Kier alpha value is -1.87. The first kappa shape index (κ1) is 20.4. The molecule has 0 saturated heterocycles. The number of halogens is 1. The van der Waals surface area contributed by atoms with E-state index in [0.717, 1.165) is 47.3 Å². The minimum atomic E-state index is 0.587. The van der Waals surface area contributed by atoms with Crippen LogP contribution in [0.1, 0.15) is 44.6 Å². The molecule has 0 aliphatic rings. The summed E-state index contributed by atoms with van der Waals surface area (Å²) in [5, 5.41) is 4.13. The van der Waals surface area contributed by atoms with Crippen molar-refractivity contribution in [1.82, 2.24) is 0 Å². The Morgan fingerprint density at radius 3 is 2.46 bits per heavy atom. The molecule has 0 saturated carbocycles. The van der Waals surface area contributed by atoms with Gasteiger partial charge in [0.25, 0.3) is 0 Å². The van der Waals surface area contributed by atoms with Crippen molar-refractivity contribution in [2.45, 2.75) is 46.0 Å². The Morgan fingerprint density at radius 2 is 1.65 bits per heavy atom. The first-order valence-electron chi connectivity index (χ1n) is 9.54. The van der Waals surface area contributed by atoms with E-state index in [-0.39, 0.29) is 0 Å². The van der Waals surface area contributed by atoms with Gasteiger partial charge in [-0.05, 0) is 49.2 Å². The smallest absolute Gasteiger partial charge is 0.121 e. The maximum Gasteiger partial charge on any atom is 0.121 e. The number of ether oxygens (including phenoxy) is 2. The Balaban J connectivity index is 1.66. The molecule has 4 heteroatoms. The van der Waals surface area contributed by atoms with Gasteiger partial charge in [0.15, 0.2) is 0 Å². The second kappa shape index (κ2) is 11.7. The topological polar surface area (TPSA) is 30.5 Å². The third-order valence-electron chi connectivity index (χ3n) is 4.18. The average Bonchev–Trinajstić information content (AvgIpc) is 2.65. The minimum absolute atomic E-state index is 0.587. The second-order valence-corrected chi connectivity index (χ2v) is 6.88. The molecule has 26 heavy (non-hydrogen) atoms. The normalized spacial score (nSPS) is 10.6. The fourth-order valence-corrected chi connectivity index (χ4v) is 2.78. The van der Waals surface area contributed by atoms with Crippen LogP contribution in [0, 0.1) is 6.92 Å². The highest BCUT2D eigenvalue weighted by molar-refractivity contribution is 6.31. The van der Waals surface area contributed by atoms with Crippen molar-refractivity contribution in [1.29, 1.82) is 0 Å². The Bertz CT molecular complexity index is 660. The van der Waals surface area contributed by atoms with Crippen molar-refractivity contribution in [3.8, 4) is 11.5 Å². The third-order valence-corrected chi connectivity index (χ3v) is 4.60. The van der Waals surface area contributed by atoms with Gasteiger partial charge in [-0.25, -0.2) is 0 Å². The lowest BCUT2D eigenvalue weighted by Crippen LogP contribution is -2.11. The molecule has 0 aliphatic carbocycles. The van der Waals surface area contributed by atoms with E-state index in [1.165, 1.54) is 25.7 Å². The van der Waals surface area contributed by atoms with Crippen LogP contribution in [0.4, 0.5) is 5.69 Å². The van der Waals surface area contributed by atoms with Crippen LogP contribution in [0.5, 0.6) is 11.5 Å². The summed E-state index contributed by atoms with van der Waals surface area (Å²) in [5.74, 6) is 1.76. The number of hydrogen-bond acceptors (Lipinski definition) is 3. The fourth-order valence-electron chi connectivity index (χ4n) is 2.66. The molecule has 0 bridgehead atoms. The first-order valence-corrected chi connectivity index (χ1v) is 9.92. The fraction of sp³-hybridized carbons (Fsp3) is 0.455. The molecule has 2 aromatic rings. The van der Waals surface area contributed by atoms with E-state index in [1.807, 2.05) is 49.4 Å². The minimum Gasteiger partial charge on any atom is -0.494 e. The summed E-state index contributed by atoms with van der Waals surface area (Å²) in [4.78, 5) is 0. The molecule has 0 heterocycles. The van der Waals surface area contributed by atoms with Crippen LogP contribution in [-0.2, 0) is 0 Å². The van der Waals surface area contributed by atoms with Crippen LogP contribution < -0.4 is 14.8 Å². The van der Waals surface area contributed by atoms with Gasteiger partial charge in [-0.3, -0.25) is 0 Å². The van der Waals surface area contributed by atoms with E-state index < -0.39 is 0 Å².